The zero-order valence-corrected chi connectivity index (χ0v) is 8.48. The van der Waals surface area contributed by atoms with Crippen LogP contribution < -0.4 is 0 Å². The van der Waals surface area contributed by atoms with Gasteiger partial charge in [0.15, 0.2) is 11.6 Å². The van der Waals surface area contributed by atoms with Gasteiger partial charge < -0.3 is 5.11 Å². The summed E-state index contributed by atoms with van der Waals surface area (Å²) in [5.41, 5.74) is 2.61. The molecule has 0 heterocycles. The van der Waals surface area contributed by atoms with Crippen LogP contribution in [0, 0.1) is 19.7 Å². The Morgan fingerprint density at radius 1 is 1.31 bits per heavy atom. The van der Waals surface area contributed by atoms with Crippen LogP contribution in [-0.4, -0.2) is 5.11 Å². The van der Waals surface area contributed by atoms with Crippen molar-refractivity contribution in [1.82, 2.24) is 0 Å². The maximum atomic E-state index is 13.0. The zero-order valence-electron chi connectivity index (χ0n) is 8.48. The molecule has 0 radical (unpaired) electrons. The lowest BCUT2D eigenvalue weighted by Gasteiger charge is -2.14. The molecule has 1 aromatic carbocycles. The SMILES string of the molecule is Cc1cc(F)c(O)c(C)c1C(C)C. The second-order valence-corrected chi connectivity index (χ2v) is 3.72. The molecular weight excluding hydrogens is 167 g/mol. The maximum absolute atomic E-state index is 13.0. The number of hydrogen-bond donors (Lipinski definition) is 1. The second-order valence-electron chi connectivity index (χ2n) is 3.72. The summed E-state index contributed by atoms with van der Waals surface area (Å²) in [6, 6.07) is 1.39. The highest BCUT2D eigenvalue weighted by molar-refractivity contribution is 5.45. The van der Waals surface area contributed by atoms with Gasteiger partial charge in [-0.3, -0.25) is 0 Å². The molecular formula is C11H15FO. The van der Waals surface area contributed by atoms with Crippen LogP contribution in [0.5, 0.6) is 5.75 Å². The van der Waals surface area contributed by atoms with Crippen LogP contribution in [0.15, 0.2) is 6.07 Å². The van der Waals surface area contributed by atoms with Gasteiger partial charge in [-0.2, -0.15) is 0 Å². The minimum atomic E-state index is -0.528. The van der Waals surface area contributed by atoms with Crippen LogP contribution in [0.2, 0.25) is 0 Å². The average Bonchev–Trinajstić information content (AvgIpc) is 1.99. The number of phenolic OH excluding ortho intramolecular Hbond substituents is 1. The summed E-state index contributed by atoms with van der Waals surface area (Å²) in [5.74, 6) is -0.430. The first-order valence-electron chi connectivity index (χ1n) is 4.43. The van der Waals surface area contributed by atoms with E-state index in [9.17, 15) is 9.50 Å². The lowest BCUT2D eigenvalue weighted by molar-refractivity contribution is 0.426. The molecule has 0 bridgehead atoms. The predicted molar refractivity (Wildman–Crippen MR) is 51.6 cm³/mol. The largest absolute Gasteiger partial charge is 0.505 e. The normalized spacial score (nSPS) is 10.9. The van der Waals surface area contributed by atoms with Gasteiger partial charge in [0.1, 0.15) is 0 Å². The molecule has 0 atom stereocenters. The van der Waals surface area contributed by atoms with Crippen molar-refractivity contribution in [2.45, 2.75) is 33.6 Å². The number of benzene rings is 1. The maximum Gasteiger partial charge on any atom is 0.165 e. The molecule has 1 rings (SSSR count). The summed E-state index contributed by atoms with van der Waals surface area (Å²) in [7, 11) is 0. The minimum absolute atomic E-state index is 0.214. The Hall–Kier alpha value is -1.05. The molecule has 0 aliphatic rings. The van der Waals surface area contributed by atoms with E-state index in [0.717, 1.165) is 11.1 Å². The highest BCUT2D eigenvalue weighted by Gasteiger charge is 2.14. The van der Waals surface area contributed by atoms with E-state index >= 15 is 0 Å². The number of halogens is 1. The topological polar surface area (TPSA) is 20.2 Å². The first kappa shape index (κ1) is 10.0. The van der Waals surface area contributed by atoms with Gasteiger partial charge in [-0.25, -0.2) is 4.39 Å². The van der Waals surface area contributed by atoms with E-state index in [1.165, 1.54) is 6.07 Å². The molecule has 0 amide bonds. The van der Waals surface area contributed by atoms with Gasteiger partial charge in [-0.05, 0) is 42.5 Å². The van der Waals surface area contributed by atoms with E-state index in [1.807, 2.05) is 20.8 Å². The number of aryl methyl sites for hydroxylation is 1. The predicted octanol–water partition coefficient (Wildman–Crippen LogP) is 3.27. The van der Waals surface area contributed by atoms with Crippen LogP contribution in [0.1, 0.15) is 36.5 Å². The monoisotopic (exact) mass is 182 g/mol. The Bertz CT molecular complexity index is 329. The van der Waals surface area contributed by atoms with Crippen molar-refractivity contribution in [3.05, 3.63) is 28.6 Å². The first-order chi connectivity index (χ1) is 5.95. The van der Waals surface area contributed by atoms with Crippen LogP contribution >= 0.6 is 0 Å². The van der Waals surface area contributed by atoms with Crippen molar-refractivity contribution in [1.29, 1.82) is 0 Å². The molecule has 72 valence electrons. The summed E-state index contributed by atoms with van der Waals surface area (Å²) >= 11 is 0. The summed E-state index contributed by atoms with van der Waals surface area (Å²) in [6.07, 6.45) is 0. The lowest BCUT2D eigenvalue weighted by atomic mass is 9.92. The fraction of sp³-hybridized carbons (Fsp3) is 0.455. The molecule has 0 aromatic heterocycles. The van der Waals surface area contributed by atoms with Crippen molar-refractivity contribution in [2.75, 3.05) is 0 Å². The summed E-state index contributed by atoms with van der Waals surface area (Å²) in [6.45, 7) is 7.69. The Balaban J connectivity index is 3.44. The zero-order chi connectivity index (χ0) is 10.2. The van der Waals surface area contributed by atoms with Crippen molar-refractivity contribution >= 4 is 0 Å². The third-order valence-electron chi connectivity index (χ3n) is 2.33. The lowest BCUT2D eigenvalue weighted by Crippen LogP contribution is -1.98. The molecule has 1 N–H and O–H groups in total. The first-order valence-corrected chi connectivity index (χ1v) is 4.43. The Morgan fingerprint density at radius 3 is 2.31 bits per heavy atom. The van der Waals surface area contributed by atoms with Crippen LogP contribution in [0.4, 0.5) is 4.39 Å². The van der Waals surface area contributed by atoms with E-state index in [2.05, 4.69) is 0 Å². The van der Waals surface area contributed by atoms with Gasteiger partial charge in [0.05, 0.1) is 0 Å². The van der Waals surface area contributed by atoms with E-state index in [0.29, 0.717) is 11.5 Å². The summed E-state index contributed by atoms with van der Waals surface area (Å²) < 4.78 is 13.0. The number of rotatable bonds is 1. The third kappa shape index (κ3) is 1.67. The van der Waals surface area contributed by atoms with Crippen LogP contribution in [0.25, 0.3) is 0 Å². The fourth-order valence-electron chi connectivity index (χ4n) is 1.83. The molecule has 0 fully saturated rings. The Kier molecular flexibility index (Phi) is 2.60. The summed E-state index contributed by atoms with van der Waals surface area (Å²) in [5, 5.41) is 9.39. The summed E-state index contributed by atoms with van der Waals surface area (Å²) in [4.78, 5) is 0. The van der Waals surface area contributed by atoms with Crippen molar-refractivity contribution in [3.63, 3.8) is 0 Å². The van der Waals surface area contributed by atoms with Gasteiger partial charge >= 0.3 is 0 Å². The molecule has 0 aliphatic carbocycles. The molecule has 13 heavy (non-hydrogen) atoms. The van der Waals surface area contributed by atoms with Crippen molar-refractivity contribution < 1.29 is 9.50 Å². The smallest absolute Gasteiger partial charge is 0.165 e. The molecule has 0 saturated heterocycles. The number of phenols is 1. The van der Waals surface area contributed by atoms with Gasteiger partial charge in [0.2, 0.25) is 0 Å². The van der Waals surface area contributed by atoms with E-state index in [4.69, 9.17) is 0 Å². The third-order valence-corrected chi connectivity index (χ3v) is 2.33. The van der Waals surface area contributed by atoms with Gasteiger partial charge in [0.25, 0.3) is 0 Å². The quantitative estimate of drug-likeness (QED) is 0.706. The molecule has 1 nitrogen and oxygen atoms in total. The van der Waals surface area contributed by atoms with Crippen LogP contribution in [0.3, 0.4) is 0 Å². The average molecular weight is 182 g/mol. The number of aromatic hydroxyl groups is 1. The van der Waals surface area contributed by atoms with Gasteiger partial charge in [-0.1, -0.05) is 13.8 Å². The molecule has 0 saturated carbocycles. The number of hydrogen-bond acceptors (Lipinski definition) is 1. The highest BCUT2D eigenvalue weighted by atomic mass is 19.1. The molecule has 0 unspecified atom stereocenters. The van der Waals surface area contributed by atoms with Gasteiger partial charge in [0, 0.05) is 0 Å². The van der Waals surface area contributed by atoms with Crippen LogP contribution in [-0.2, 0) is 0 Å². The highest BCUT2D eigenvalue weighted by Crippen LogP contribution is 2.31. The van der Waals surface area contributed by atoms with E-state index in [1.54, 1.807) is 6.92 Å². The van der Waals surface area contributed by atoms with E-state index < -0.39 is 5.82 Å². The van der Waals surface area contributed by atoms with Gasteiger partial charge in [-0.15, -0.1) is 0 Å². The van der Waals surface area contributed by atoms with E-state index in [-0.39, 0.29) is 5.75 Å². The Morgan fingerprint density at radius 2 is 1.85 bits per heavy atom. The minimum Gasteiger partial charge on any atom is -0.505 e. The molecule has 0 aliphatic heterocycles. The fourth-order valence-corrected chi connectivity index (χ4v) is 1.83. The molecule has 1 aromatic rings. The molecule has 2 heteroatoms. The van der Waals surface area contributed by atoms with Crippen molar-refractivity contribution in [3.8, 4) is 5.75 Å². The van der Waals surface area contributed by atoms with Crippen molar-refractivity contribution in [2.24, 2.45) is 0 Å². The molecule has 0 spiro atoms. The standard InChI is InChI=1S/C11H15FO/c1-6(2)10-7(3)5-9(12)11(13)8(10)4/h5-6,13H,1-4H3. The second kappa shape index (κ2) is 3.36. The Labute approximate surface area is 78.2 Å².